The summed E-state index contributed by atoms with van der Waals surface area (Å²) in [5.41, 5.74) is 7.23. The van der Waals surface area contributed by atoms with Crippen LogP contribution in [0.1, 0.15) is 55.7 Å². The summed E-state index contributed by atoms with van der Waals surface area (Å²) in [7, 11) is 0. The fourth-order valence-electron chi connectivity index (χ4n) is 1.89. The van der Waals surface area contributed by atoms with E-state index in [0.29, 0.717) is 0 Å². The predicted molar refractivity (Wildman–Crippen MR) is 75.3 cm³/mol. The zero-order valence-electron chi connectivity index (χ0n) is 11.5. The number of thiazole rings is 1. The zero-order chi connectivity index (χ0) is 12.8. The van der Waals surface area contributed by atoms with E-state index in [2.05, 4.69) is 25.7 Å². The molecule has 4 heteroatoms. The number of hydrogen-bond donors (Lipinski definition) is 1. The average Bonchev–Trinajstić information content (AvgIpc) is 2.69. The van der Waals surface area contributed by atoms with Crippen molar-refractivity contribution in [1.82, 2.24) is 9.88 Å². The van der Waals surface area contributed by atoms with Crippen molar-refractivity contribution in [3.8, 4) is 0 Å². The van der Waals surface area contributed by atoms with Gasteiger partial charge in [0.05, 0.1) is 12.2 Å². The van der Waals surface area contributed by atoms with Gasteiger partial charge in [0.2, 0.25) is 0 Å². The molecule has 1 aromatic rings. The number of nitrogens with zero attached hydrogens (tertiary/aromatic N) is 2. The fourth-order valence-corrected chi connectivity index (χ4v) is 3.00. The SMILES string of the molecule is CCCc1nc(CN(CC)CC)sc1C(C)N. The quantitative estimate of drug-likeness (QED) is 0.814. The van der Waals surface area contributed by atoms with E-state index in [1.165, 1.54) is 15.6 Å². The Morgan fingerprint density at radius 1 is 1.29 bits per heavy atom. The van der Waals surface area contributed by atoms with Gasteiger partial charge in [0, 0.05) is 10.9 Å². The second kappa shape index (κ2) is 7.09. The number of nitrogens with two attached hydrogens (primary N) is 1. The molecule has 0 aliphatic rings. The van der Waals surface area contributed by atoms with Crippen LogP contribution in [-0.2, 0) is 13.0 Å². The first-order valence-electron chi connectivity index (χ1n) is 6.58. The number of aryl methyl sites for hydroxylation is 1. The maximum Gasteiger partial charge on any atom is 0.107 e. The normalized spacial score (nSPS) is 13.3. The molecule has 1 unspecified atom stereocenters. The summed E-state index contributed by atoms with van der Waals surface area (Å²) >= 11 is 1.79. The summed E-state index contributed by atoms with van der Waals surface area (Å²) in [4.78, 5) is 8.41. The summed E-state index contributed by atoms with van der Waals surface area (Å²) in [5, 5.41) is 1.21. The van der Waals surface area contributed by atoms with Crippen LogP contribution < -0.4 is 5.73 Å². The Hall–Kier alpha value is -0.450. The summed E-state index contributed by atoms with van der Waals surface area (Å²) in [6.45, 7) is 11.7. The van der Waals surface area contributed by atoms with Gasteiger partial charge in [-0.25, -0.2) is 4.98 Å². The Morgan fingerprint density at radius 2 is 1.94 bits per heavy atom. The minimum Gasteiger partial charge on any atom is -0.323 e. The van der Waals surface area contributed by atoms with Gasteiger partial charge < -0.3 is 5.73 Å². The Labute approximate surface area is 109 Å². The molecule has 0 aliphatic heterocycles. The molecule has 3 nitrogen and oxygen atoms in total. The first-order chi connectivity index (χ1) is 8.12. The Bertz CT molecular complexity index is 329. The molecule has 0 amide bonds. The third-order valence-corrected chi connectivity index (χ3v) is 4.21. The van der Waals surface area contributed by atoms with Gasteiger partial charge in [0.25, 0.3) is 0 Å². The molecule has 2 N–H and O–H groups in total. The molecule has 1 heterocycles. The maximum atomic E-state index is 6.01. The Morgan fingerprint density at radius 3 is 2.41 bits per heavy atom. The third kappa shape index (κ3) is 4.05. The molecule has 98 valence electrons. The Kier molecular flexibility index (Phi) is 6.09. The molecule has 0 spiro atoms. The lowest BCUT2D eigenvalue weighted by atomic mass is 10.2. The van der Waals surface area contributed by atoms with E-state index in [1.54, 1.807) is 11.3 Å². The van der Waals surface area contributed by atoms with Crippen LogP contribution in [0.25, 0.3) is 0 Å². The molecule has 17 heavy (non-hydrogen) atoms. The molecule has 0 radical (unpaired) electrons. The van der Waals surface area contributed by atoms with Gasteiger partial charge in [-0.05, 0) is 26.4 Å². The molecule has 0 fully saturated rings. The standard InChI is InChI=1S/C13H25N3S/c1-5-8-11-13(10(4)14)17-12(15-11)9-16(6-2)7-3/h10H,5-9,14H2,1-4H3. The minimum absolute atomic E-state index is 0.111. The molecule has 1 atom stereocenters. The topological polar surface area (TPSA) is 42.2 Å². The van der Waals surface area contributed by atoms with Crippen molar-refractivity contribution < 1.29 is 0 Å². The number of hydrogen-bond acceptors (Lipinski definition) is 4. The number of rotatable bonds is 7. The molecule has 0 saturated carbocycles. The van der Waals surface area contributed by atoms with Gasteiger partial charge in [-0.2, -0.15) is 0 Å². The van der Waals surface area contributed by atoms with Crippen LogP contribution in [-0.4, -0.2) is 23.0 Å². The van der Waals surface area contributed by atoms with E-state index in [-0.39, 0.29) is 6.04 Å². The lowest BCUT2D eigenvalue weighted by molar-refractivity contribution is 0.295. The monoisotopic (exact) mass is 255 g/mol. The molecule has 1 rings (SSSR count). The van der Waals surface area contributed by atoms with Gasteiger partial charge in [0.15, 0.2) is 0 Å². The molecule has 1 aromatic heterocycles. The number of aromatic nitrogens is 1. The minimum atomic E-state index is 0.111. The van der Waals surface area contributed by atoms with Crippen LogP contribution in [0.5, 0.6) is 0 Å². The molecular formula is C13H25N3S. The summed E-state index contributed by atoms with van der Waals surface area (Å²) < 4.78 is 0. The Balaban J connectivity index is 2.83. The highest BCUT2D eigenvalue weighted by Gasteiger charge is 2.14. The van der Waals surface area contributed by atoms with Crippen LogP contribution in [0.15, 0.2) is 0 Å². The van der Waals surface area contributed by atoms with Crippen molar-refractivity contribution >= 4 is 11.3 Å². The largest absolute Gasteiger partial charge is 0.323 e. The van der Waals surface area contributed by atoms with E-state index < -0.39 is 0 Å². The first-order valence-corrected chi connectivity index (χ1v) is 7.40. The van der Waals surface area contributed by atoms with Crippen LogP contribution in [0.3, 0.4) is 0 Å². The van der Waals surface area contributed by atoms with E-state index in [9.17, 15) is 0 Å². The van der Waals surface area contributed by atoms with Gasteiger partial charge in [-0.15, -0.1) is 11.3 Å². The molecular weight excluding hydrogens is 230 g/mol. The van der Waals surface area contributed by atoms with Crippen LogP contribution >= 0.6 is 11.3 Å². The summed E-state index contributed by atoms with van der Waals surface area (Å²) in [6.07, 6.45) is 2.18. The zero-order valence-corrected chi connectivity index (χ0v) is 12.3. The van der Waals surface area contributed by atoms with Gasteiger partial charge in [0.1, 0.15) is 5.01 Å². The second-order valence-corrected chi connectivity index (χ2v) is 5.53. The van der Waals surface area contributed by atoms with Gasteiger partial charge in [-0.1, -0.05) is 27.2 Å². The molecule has 0 aromatic carbocycles. The van der Waals surface area contributed by atoms with E-state index in [0.717, 1.165) is 32.5 Å². The highest BCUT2D eigenvalue weighted by molar-refractivity contribution is 7.11. The average molecular weight is 255 g/mol. The third-order valence-electron chi connectivity index (χ3n) is 2.93. The van der Waals surface area contributed by atoms with E-state index in [4.69, 9.17) is 10.7 Å². The van der Waals surface area contributed by atoms with Gasteiger partial charge in [-0.3, -0.25) is 4.90 Å². The maximum absolute atomic E-state index is 6.01. The molecule has 0 saturated heterocycles. The lowest BCUT2D eigenvalue weighted by Crippen LogP contribution is -2.21. The van der Waals surface area contributed by atoms with E-state index in [1.807, 2.05) is 6.92 Å². The first kappa shape index (κ1) is 14.6. The van der Waals surface area contributed by atoms with Crippen LogP contribution in [0.2, 0.25) is 0 Å². The van der Waals surface area contributed by atoms with Crippen molar-refractivity contribution in [2.45, 2.75) is 53.1 Å². The smallest absolute Gasteiger partial charge is 0.107 e. The van der Waals surface area contributed by atoms with Crippen LogP contribution in [0, 0.1) is 0 Å². The highest BCUT2D eigenvalue weighted by Crippen LogP contribution is 2.26. The summed E-state index contributed by atoms with van der Waals surface area (Å²) in [6, 6.07) is 0.111. The van der Waals surface area contributed by atoms with Crippen LogP contribution in [0.4, 0.5) is 0 Å². The lowest BCUT2D eigenvalue weighted by Gasteiger charge is -2.15. The van der Waals surface area contributed by atoms with Crippen molar-refractivity contribution in [3.05, 3.63) is 15.6 Å². The molecule has 0 aliphatic carbocycles. The van der Waals surface area contributed by atoms with Crippen molar-refractivity contribution in [3.63, 3.8) is 0 Å². The van der Waals surface area contributed by atoms with Crippen molar-refractivity contribution in [1.29, 1.82) is 0 Å². The van der Waals surface area contributed by atoms with E-state index >= 15 is 0 Å². The second-order valence-electron chi connectivity index (χ2n) is 4.42. The van der Waals surface area contributed by atoms with Gasteiger partial charge >= 0.3 is 0 Å². The fraction of sp³-hybridized carbons (Fsp3) is 0.769. The molecule has 0 bridgehead atoms. The van der Waals surface area contributed by atoms with Crippen molar-refractivity contribution in [2.75, 3.05) is 13.1 Å². The summed E-state index contributed by atoms with van der Waals surface area (Å²) in [5.74, 6) is 0. The highest BCUT2D eigenvalue weighted by atomic mass is 32.1. The predicted octanol–water partition coefficient (Wildman–Crippen LogP) is 2.96. The van der Waals surface area contributed by atoms with Crippen molar-refractivity contribution in [2.24, 2.45) is 5.73 Å².